The molecule has 0 unspecified atom stereocenters. The number of nitrogens with one attached hydrogen (secondary N) is 1. The van der Waals surface area contributed by atoms with E-state index in [2.05, 4.69) is 4.72 Å². The first-order valence-corrected chi connectivity index (χ1v) is 7.36. The van der Waals surface area contributed by atoms with Crippen LogP contribution in [0.25, 0.3) is 0 Å². The van der Waals surface area contributed by atoms with Crippen LogP contribution in [-0.2, 0) is 21.4 Å². The summed E-state index contributed by atoms with van der Waals surface area (Å²) >= 11 is 0. The van der Waals surface area contributed by atoms with Gasteiger partial charge in [0.2, 0.25) is 10.0 Å². The second kappa shape index (κ2) is 9.28. The summed E-state index contributed by atoms with van der Waals surface area (Å²) in [4.78, 5) is 0.268. The summed E-state index contributed by atoms with van der Waals surface area (Å²) in [6, 6.07) is 6.74. The van der Waals surface area contributed by atoms with Crippen molar-refractivity contribution >= 4 is 22.4 Å². The molecule has 7 heteroatoms. The van der Waals surface area contributed by atoms with Gasteiger partial charge in [-0.2, -0.15) is 0 Å². The third-order valence-electron chi connectivity index (χ3n) is 2.44. The maximum atomic E-state index is 12.0. The number of hydrogen-bond donors (Lipinski definition) is 2. The van der Waals surface area contributed by atoms with Gasteiger partial charge in [0.25, 0.3) is 0 Å². The lowest BCUT2D eigenvalue weighted by Gasteiger charge is -2.08. The molecule has 0 amide bonds. The van der Waals surface area contributed by atoms with Gasteiger partial charge in [-0.25, -0.2) is 13.1 Å². The maximum Gasteiger partial charge on any atom is 0.240 e. The Labute approximate surface area is 121 Å². The van der Waals surface area contributed by atoms with Gasteiger partial charge in [-0.1, -0.05) is 12.1 Å². The van der Waals surface area contributed by atoms with Gasteiger partial charge < -0.3 is 10.5 Å². The van der Waals surface area contributed by atoms with Crippen molar-refractivity contribution in [1.29, 1.82) is 0 Å². The molecular weight excluding hydrogens is 288 g/mol. The number of rotatable bonds is 8. The highest BCUT2D eigenvalue weighted by Gasteiger charge is 2.13. The van der Waals surface area contributed by atoms with Crippen LogP contribution in [0.1, 0.15) is 18.4 Å². The predicted molar refractivity (Wildman–Crippen MR) is 77.9 cm³/mol. The summed E-state index contributed by atoms with van der Waals surface area (Å²) in [7, 11) is -1.85. The van der Waals surface area contributed by atoms with E-state index in [1.165, 1.54) is 0 Å². The first-order valence-electron chi connectivity index (χ1n) is 5.88. The zero-order valence-corrected chi connectivity index (χ0v) is 12.6. The standard InChI is InChI=1S/C12H20N2O3S.ClH/c1-17-10-11-5-4-6-12(9-11)18(15,16)14-8-3-2-7-13;/h4-6,9,14H,2-3,7-8,10,13H2,1H3;1H. The molecule has 0 spiro atoms. The van der Waals surface area contributed by atoms with Crippen LogP contribution in [0.2, 0.25) is 0 Å². The number of unbranched alkanes of at least 4 members (excludes halogenated alkanes) is 1. The van der Waals surface area contributed by atoms with Crippen molar-refractivity contribution in [2.45, 2.75) is 24.3 Å². The number of ether oxygens (including phenoxy) is 1. The Morgan fingerprint density at radius 1 is 1.32 bits per heavy atom. The average Bonchev–Trinajstić information content (AvgIpc) is 2.36. The van der Waals surface area contributed by atoms with Crippen molar-refractivity contribution in [1.82, 2.24) is 4.72 Å². The Morgan fingerprint density at radius 3 is 2.68 bits per heavy atom. The fourth-order valence-corrected chi connectivity index (χ4v) is 2.67. The van der Waals surface area contributed by atoms with E-state index in [0.717, 1.165) is 18.4 Å². The van der Waals surface area contributed by atoms with E-state index in [0.29, 0.717) is 19.7 Å². The Morgan fingerprint density at radius 2 is 2.05 bits per heavy atom. The van der Waals surface area contributed by atoms with Crippen LogP contribution in [0.15, 0.2) is 29.2 Å². The molecule has 0 aromatic heterocycles. The highest BCUT2D eigenvalue weighted by molar-refractivity contribution is 7.89. The molecule has 19 heavy (non-hydrogen) atoms. The van der Waals surface area contributed by atoms with Crippen LogP contribution in [-0.4, -0.2) is 28.6 Å². The van der Waals surface area contributed by atoms with Crippen LogP contribution < -0.4 is 10.5 Å². The summed E-state index contributed by atoms with van der Waals surface area (Å²) in [5.74, 6) is 0. The Hall–Kier alpha value is -0.660. The monoisotopic (exact) mass is 308 g/mol. The number of halogens is 1. The molecule has 0 saturated heterocycles. The number of benzene rings is 1. The van der Waals surface area contributed by atoms with Crippen molar-refractivity contribution in [2.75, 3.05) is 20.2 Å². The van der Waals surface area contributed by atoms with Crippen LogP contribution in [0, 0.1) is 0 Å². The maximum absolute atomic E-state index is 12.0. The summed E-state index contributed by atoms with van der Waals surface area (Å²) in [5, 5.41) is 0. The molecule has 0 fully saturated rings. The third kappa shape index (κ3) is 6.35. The molecule has 110 valence electrons. The second-order valence-electron chi connectivity index (χ2n) is 3.97. The molecule has 3 N–H and O–H groups in total. The molecule has 0 aliphatic carbocycles. The lowest BCUT2D eigenvalue weighted by Crippen LogP contribution is -2.25. The van der Waals surface area contributed by atoms with Gasteiger partial charge in [-0.05, 0) is 37.1 Å². The minimum Gasteiger partial charge on any atom is -0.380 e. The molecule has 1 aromatic carbocycles. The fourth-order valence-electron chi connectivity index (χ4n) is 1.53. The molecule has 0 heterocycles. The van der Waals surface area contributed by atoms with Gasteiger partial charge in [0.15, 0.2) is 0 Å². The normalized spacial score (nSPS) is 11.1. The zero-order valence-electron chi connectivity index (χ0n) is 11.0. The minimum absolute atomic E-state index is 0. The molecule has 0 bridgehead atoms. The van der Waals surface area contributed by atoms with Gasteiger partial charge >= 0.3 is 0 Å². The molecule has 0 aliphatic heterocycles. The lowest BCUT2D eigenvalue weighted by molar-refractivity contribution is 0.184. The predicted octanol–water partition coefficient (Wildman–Crippen LogP) is 1.27. The molecule has 0 atom stereocenters. The highest BCUT2D eigenvalue weighted by Crippen LogP contribution is 2.12. The first kappa shape index (κ1) is 18.3. The van der Waals surface area contributed by atoms with E-state index in [-0.39, 0.29) is 17.3 Å². The van der Waals surface area contributed by atoms with E-state index in [1.807, 2.05) is 6.07 Å². The van der Waals surface area contributed by atoms with E-state index >= 15 is 0 Å². The SMILES string of the molecule is COCc1cccc(S(=O)(=O)NCCCCN)c1.Cl. The molecule has 1 aromatic rings. The molecule has 1 rings (SSSR count). The number of sulfonamides is 1. The quantitative estimate of drug-likeness (QED) is 0.709. The summed E-state index contributed by atoms with van der Waals surface area (Å²) < 4.78 is 31.5. The van der Waals surface area contributed by atoms with Crippen LogP contribution >= 0.6 is 12.4 Å². The molecule has 0 radical (unpaired) electrons. The second-order valence-corrected chi connectivity index (χ2v) is 5.74. The lowest BCUT2D eigenvalue weighted by atomic mass is 10.2. The number of methoxy groups -OCH3 is 1. The number of nitrogens with two attached hydrogens (primary N) is 1. The largest absolute Gasteiger partial charge is 0.380 e. The fraction of sp³-hybridized carbons (Fsp3) is 0.500. The van der Waals surface area contributed by atoms with Crippen molar-refractivity contribution < 1.29 is 13.2 Å². The highest BCUT2D eigenvalue weighted by atomic mass is 35.5. The summed E-state index contributed by atoms with van der Waals surface area (Å²) in [6.07, 6.45) is 1.56. The van der Waals surface area contributed by atoms with Crippen molar-refractivity contribution in [3.8, 4) is 0 Å². The van der Waals surface area contributed by atoms with Gasteiger partial charge in [-0.3, -0.25) is 0 Å². The molecular formula is C12H21ClN2O3S. The Kier molecular flexibility index (Phi) is 8.95. The van der Waals surface area contributed by atoms with Crippen molar-refractivity contribution in [2.24, 2.45) is 5.73 Å². The van der Waals surface area contributed by atoms with Crippen molar-refractivity contribution in [3.63, 3.8) is 0 Å². The minimum atomic E-state index is -3.43. The van der Waals surface area contributed by atoms with E-state index in [9.17, 15) is 8.42 Å². The molecule has 5 nitrogen and oxygen atoms in total. The van der Waals surface area contributed by atoms with Crippen LogP contribution in [0.3, 0.4) is 0 Å². The number of hydrogen-bond acceptors (Lipinski definition) is 4. The first-order chi connectivity index (χ1) is 8.60. The zero-order chi connectivity index (χ0) is 13.4. The van der Waals surface area contributed by atoms with Crippen molar-refractivity contribution in [3.05, 3.63) is 29.8 Å². The topological polar surface area (TPSA) is 81.4 Å². The van der Waals surface area contributed by atoms with E-state index in [1.54, 1.807) is 25.3 Å². The smallest absolute Gasteiger partial charge is 0.240 e. The van der Waals surface area contributed by atoms with Crippen LogP contribution in [0.5, 0.6) is 0 Å². The Bertz CT molecular complexity index is 466. The van der Waals surface area contributed by atoms with Gasteiger partial charge in [0.05, 0.1) is 11.5 Å². The summed E-state index contributed by atoms with van der Waals surface area (Å²) in [5.41, 5.74) is 6.19. The Balaban J connectivity index is 0.00000324. The molecule has 0 aliphatic rings. The van der Waals surface area contributed by atoms with Gasteiger partial charge in [-0.15, -0.1) is 12.4 Å². The van der Waals surface area contributed by atoms with Gasteiger partial charge in [0.1, 0.15) is 0 Å². The average molecular weight is 309 g/mol. The third-order valence-corrected chi connectivity index (χ3v) is 3.90. The molecule has 0 saturated carbocycles. The van der Waals surface area contributed by atoms with Crippen LogP contribution in [0.4, 0.5) is 0 Å². The van der Waals surface area contributed by atoms with E-state index in [4.69, 9.17) is 10.5 Å². The summed E-state index contributed by atoms with van der Waals surface area (Å²) in [6.45, 7) is 1.38. The van der Waals surface area contributed by atoms with Gasteiger partial charge in [0, 0.05) is 13.7 Å². The van der Waals surface area contributed by atoms with E-state index < -0.39 is 10.0 Å².